The minimum absolute atomic E-state index is 0.202. The van der Waals surface area contributed by atoms with Crippen LogP contribution in [0.25, 0.3) is 10.6 Å². The third kappa shape index (κ3) is 2.74. The van der Waals surface area contributed by atoms with Gasteiger partial charge in [0.2, 0.25) is 0 Å². The first kappa shape index (κ1) is 17.5. The number of quaternary nitrogens is 1. The molecule has 0 aromatic heterocycles. The average Bonchev–Trinajstić information content (AvgIpc) is 3.04. The van der Waals surface area contributed by atoms with E-state index in [1.807, 2.05) is 91.0 Å². The Balaban J connectivity index is 2.10. The number of carbonyl (C=O) groups excluding carboxylic acids is 2. The fourth-order valence-electron chi connectivity index (χ4n) is 3.51. The van der Waals surface area contributed by atoms with Crippen molar-refractivity contribution in [3.05, 3.63) is 102 Å². The number of amides is 2. The number of rotatable bonds is 3. The molecule has 0 saturated heterocycles. The van der Waals surface area contributed by atoms with E-state index in [0.717, 1.165) is 33.5 Å². The number of carbonyl (C=O) groups is 2. The zero-order chi connectivity index (χ0) is 18.9. The van der Waals surface area contributed by atoms with Crippen LogP contribution < -0.4 is 4.48 Å². The lowest BCUT2D eigenvalue weighted by molar-refractivity contribution is -0.122. The van der Waals surface area contributed by atoms with Gasteiger partial charge in [-0.2, -0.15) is 0 Å². The average molecular weight is 372 g/mol. The fraction of sp³-hybridized carbons (Fsp3) is 0.0435. The molecule has 0 spiro atoms. The van der Waals surface area contributed by atoms with Crippen molar-refractivity contribution in [2.45, 2.75) is 6.92 Å². The molecule has 3 aromatic carbocycles. The Morgan fingerprint density at radius 1 is 0.741 bits per heavy atom. The summed E-state index contributed by atoms with van der Waals surface area (Å²) in [4.78, 5) is 27.2. The maximum absolute atomic E-state index is 13.4. The van der Waals surface area contributed by atoms with Crippen molar-refractivity contribution in [1.82, 2.24) is 4.48 Å². The highest BCUT2D eigenvalue weighted by Crippen LogP contribution is 2.52. The second-order valence-corrected chi connectivity index (χ2v) is 7.26. The number of benzene rings is 3. The first-order valence-corrected chi connectivity index (χ1v) is 9.51. The number of hydrogen-bond acceptors (Lipinski definition) is 3. The van der Waals surface area contributed by atoms with E-state index in [4.69, 9.17) is 0 Å². The van der Waals surface area contributed by atoms with E-state index in [0.29, 0.717) is 5.69 Å². The van der Waals surface area contributed by atoms with Gasteiger partial charge in [0.1, 0.15) is 0 Å². The minimum atomic E-state index is -0.417. The topological polar surface area (TPSA) is 34.1 Å². The highest BCUT2D eigenvalue weighted by molar-refractivity contribution is 8.22. The summed E-state index contributed by atoms with van der Waals surface area (Å²) in [6.07, 6.45) is 0. The van der Waals surface area contributed by atoms with Crippen molar-refractivity contribution in [1.29, 1.82) is 0 Å². The largest absolute Gasteiger partial charge is 0.397 e. The zero-order valence-electron chi connectivity index (χ0n) is 14.8. The molecule has 1 unspecified atom stereocenters. The molecule has 0 N–H and O–H groups in total. The fourth-order valence-corrected chi connectivity index (χ4v) is 4.75. The quantitative estimate of drug-likeness (QED) is 0.534. The van der Waals surface area contributed by atoms with Crippen LogP contribution in [-0.4, -0.2) is 11.1 Å². The molecule has 1 aliphatic rings. The molecule has 0 saturated carbocycles. The summed E-state index contributed by atoms with van der Waals surface area (Å²) < 4.78 is -0.417. The highest BCUT2D eigenvalue weighted by Gasteiger charge is 2.56. The lowest BCUT2D eigenvalue weighted by Crippen LogP contribution is -2.51. The summed E-state index contributed by atoms with van der Waals surface area (Å²) >= 11 is 1.14. The van der Waals surface area contributed by atoms with Crippen LogP contribution in [0.5, 0.6) is 0 Å². The van der Waals surface area contributed by atoms with Crippen LogP contribution in [-0.2, 0) is 4.79 Å². The van der Waals surface area contributed by atoms with Crippen LogP contribution in [0, 0.1) is 0 Å². The SMILES string of the molecule is CC(=O)[N+]1(c2ccccc2)C(=O)SC(c2ccccc2)=C1c1ccccc1. The van der Waals surface area contributed by atoms with Crippen molar-refractivity contribution in [3.63, 3.8) is 0 Å². The standard InChI is InChI=1S/C23H18NO2S/c1-17(25)24(20-15-9-4-10-16-20)21(18-11-5-2-6-12-18)22(27-23(24)26)19-13-7-3-8-14-19/h2-16H,1H3/q+1. The summed E-state index contributed by atoms with van der Waals surface area (Å²) in [5.41, 5.74) is 3.18. The van der Waals surface area contributed by atoms with Crippen molar-refractivity contribution in [3.8, 4) is 0 Å². The third-order valence-electron chi connectivity index (χ3n) is 4.71. The molecule has 3 nitrogen and oxygen atoms in total. The lowest BCUT2D eigenvalue weighted by Gasteiger charge is -2.29. The third-order valence-corrected chi connectivity index (χ3v) is 5.79. The number of nitrogens with zero attached hydrogens (tertiary/aromatic N) is 1. The van der Waals surface area contributed by atoms with Gasteiger partial charge >= 0.3 is 11.1 Å². The highest BCUT2D eigenvalue weighted by atomic mass is 32.2. The van der Waals surface area contributed by atoms with Crippen LogP contribution in [0.15, 0.2) is 91.0 Å². The smallest absolute Gasteiger partial charge is 0.230 e. The molecular formula is C23H18NO2S+. The van der Waals surface area contributed by atoms with Crippen LogP contribution in [0.1, 0.15) is 18.1 Å². The van der Waals surface area contributed by atoms with Gasteiger partial charge in [-0.1, -0.05) is 66.7 Å². The summed E-state index contributed by atoms with van der Waals surface area (Å²) in [6, 6.07) is 28.8. The monoisotopic (exact) mass is 372 g/mol. The Labute approximate surface area is 162 Å². The summed E-state index contributed by atoms with van der Waals surface area (Å²) in [5, 5.41) is -0.202. The molecule has 132 valence electrons. The van der Waals surface area contributed by atoms with Crippen molar-refractivity contribution < 1.29 is 9.59 Å². The molecule has 0 aliphatic carbocycles. The van der Waals surface area contributed by atoms with Gasteiger partial charge in [0.15, 0.2) is 11.4 Å². The van der Waals surface area contributed by atoms with Gasteiger partial charge in [-0.3, -0.25) is 0 Å². The molecule has 27 heavy (non-hydrogen) atoms. The molecular weight excluding hydrogens is 354 g/mol. The molecule has 1 heterocycles. The molecule has 4 rings (SSSR count). The first-order valence-electron chi connectivity index (χ1n) is 8.69. The Kier molecular flexibility index (Phi) is 4.52. The minimum Gasteiger partial charge on any atom is -0.230 e. The van der Waals surface area contributed by atoms with Crippen LogP contribution >= 0.6 is 11.8 Å². The van der Waals surface area contributed by atoms with Crippen molar-refractivity contribution in [2.75, 3.05) is 0 Å². The second-order valence-electron chi connectivity index (χ2n) is 6.30. The van der Waals surface area contributed by atoms with E-state index in [1.165, 1.54) is 6.92 Å². The predicted molar refractivity (Wildman–Crippen MR) is 112 cm³/mol. The van der Waals surface area contributed by atoms with E-state index in [-0.39, 0.29) is 11.1 Å². The van der Waals surface area contributed by atoms with Gasteiger partial charge in [-0.05, 0) is 17.7 Å². The van der Waals surface area contributed by atoms with Crippen LogP contribution in [0.3, 0.4) is 0 Å². The molecule has 0 bridgehead atoms. The lowest BCUT2D eigenvalue weighted by atomic mass is 10.0. The molecule has 0 fully saturated rings. The summed E-state index contributed by atoms with van der Waals surface area (Å²) in [6.45, 7) is 1.49. The van der Waals surface area contributed by atoms with Gasteiger partial charge in [0.25, 0.3) is 0 Å². The predicted octanol–water partition coefficient (Wildman–Crippen LogP) is 5.93. The number of thioether (sulfide) groups is 1. The van der Waals surface area contributed by atoms with Crippen LogP contribution in [0.4, 0.5) is 10.5 Å². The molecule has 1 atom stereocenters. The summed E-state index contributed by atoms with van der Waals surface area (Å²) in [7, 11) is 0. The van der Waals surface area contributed by atoms with E-state index in [2.05, 4.69) is 0 Å². The Hall–Kier alpha value is -2.95. The first-order chi connectivity index (χ1) is 13.2. The Bertz CT molecular complexity index is 1030. The van der Waals surface area contributed by atoms with E-state index >= 15 is 0 Å². The van der Waals surface area contributed by atoms with E-state index in [1.54, 1.807) is 0 Å². The summed E-state index contributed by atoms with van der Waals surface area (Å²) in [5.74, 6) is -0.219. The number of hydrogen-bond donors (Lipinski definition) is 0. The molecule has 2 amide bonds. The Morgan fingerprint density at radius 3 is 1.74 bits per heavy atom. The van der Waals surface area contributed by atoms with Gasteiger partial charge in [0.05, 0.1) is 11.8 Å². The molecule has 0 radical (unpaired) electrons. The van der Waals surface area contributed by atoms with Gasteiger partial charge < -0.3 is 0 Å². The normalized spacial score (nSPS) is 19.4. The zero-order valence-corrected chi connectivity index (χ0v) is 15.6. The van der Waals surface area contributed by atoms with Crippen molar-refractivity contribution in [2.24, 2.45) is 0 Å². The second kappa shape index (κ2) is 6.99. The Morgan fingerprint density at radius 2 is 1.22 bits per heavy atom. The van der Waals surface area contributed by atoms with Gasteiger partial charge in [-0.15, -0.1) is 4.48 Å². The van der Waals surface area contributed by atoms with Gasteiger partial charge in [-0.25, -0.2) is 9.59 Å². The van der Waals surface area contributed by atoms with Crippen LogP contribution in [0.2, 0.25) is 0 Å². The molecule has 1 aliphatic heterocycles. The van der Waals surface area contributed by atoms with Gasteiger partial charge in [0, 0.05) is 29.5 Å². The molecule has 4 heteroatoms. The van der Waals surface area contributed by atoms with E-state index < -0.39 is 4.48 Å². The molecule has 3 aromatic rings. The maximum atomic E-state index is 13.4. The maximum Gasteiger partial charge on any atom is 0.397 e. The number of imide groups is 1. The van der Waals surface area contributed by atoms with E-state index in [9.17, 15) is 9.59 Å². The van der Waals surface area contributed by atoms with Crippen molar-refractivity contribution >= 4 is 39.2 Å². The number of para-hydroxylation sites is 1.